The van der Waals surface area contributed by atoms with E-state index in [-0.39, 0.29) is 24.5 Å². The number of carbonyl (C=O) groups excluding carboxylic acids is 1. The highest BCUT2D eigenvalue weighted by molar-refractivity contribution is 7.10. The van der Waals surface area contributed by atoms with Gasteiger partial charge < -0.3 is 15.1 Å². The number of benzene rings is 1. The molecule has 132 valence electrons. The molecule has 25 heavy (non-hydrogen) atoms. The van der Waals surface area contributed by atoms with E-state index in [4.69, 9.17) is 4.42 Å². The van der Waals surface area contributed by atoms with Gasteiger partial charge in [-0.3, -0.25) is 4.79 Å². The molecule has 4 nitrogen and oxygen atoms in total. The minimum Gasteiger partial charge on any atom is -0.459 e. The van der Waals surface area contributed by atoms with Gasteiger partial charge in [0.2, 0.25) is 5.91 Å². The second-order valence-corrected chi connectivity index (χ2v) is 7.57. The molecule has 5 heteroatoms. The number of hydrogen-bond donors (Lipinski definition) is 2. The van der Waals surface area contributed by atoms with Crippen LogP contribution in [0.5, 0.6) is 0 Å². The van der Waals surface area contributed by atoms with Gasteiger partial charge in [-0.25, -0.2) is 0 Å². The second-order valence-electron chi connectivity index (χ2n) is 6.59. The molecule has 0 radical (unpaired) electrons. The molecular formula is C20H24N2O2S. The smallest absolute Gasteiger partial charge is 0.234 e. The predicted octanol–water partition coefficient (Wildman–Crippen LogP) is 4.66. The summed E-state index contributed by atoms with van der Waals surface area (Å²) in [6.45, 7) is 6.54. The fraction of sp³-hybridized carbons (Fsp3) is 0.350. The van der Waals surface area contributed by atoms with Crippen molar-refractivity contribution >= 4 is 28.2 Å². The summed E-state index contributed by atoms with van der Waals surface area (Å²) in [5.74, 6) is 1.16. The Morgan fingerprint density at radius 1 is 1.16 bits per heavy atom. The minimum atomic E-state index is -0.166. The summed E-state index contributed by atoms with van der Waals surface area (Å²) in [5, 5.41) is 9.49. The number of amides is 1. The summed E-state index contributed by atoms with van der Waals surface area (Å²) in [4.78, 5) is 13.6. The van der Waals surface area contributed by atoms with E-state index in [9.17, 15) is 4.79 Å². The first-order valence-electron chi connectivity index (χ1n) is 8.59. The molecule has 2 aromatic heterocycles. The Hall–Kier alpha value is -2.11. The molecule has 1 aromatic carbocycles. The quantitative estimate of drug-likeness (QED) is 0.647. The van der Waals surface area contributed by atoms with Crippen LogP contribution in [0.4, 0.5) is 0 Å². The van der Waals surface area contributed by atoms with Gasteiger partial charge in [-0.2, -0.15) is 0 Å². The molecule has 2 atom stereocenters. The second kappa shape index (κ2) is 7.85. The summed E-state index contributed by atoms with van der Waals surface area (Å²) in [7, 11) is 0. The average molecular weight is 356 g/mol. The number of carbonyl (C=O) groups is 1. The fourth-order valence-electron chi connectivity index (χ4n) is 2.92. The maximum Gasteiger partial charge on any atom is 0.234 e. The number of furan rings is 1. The van der Waals surface area contributed by atoms with Gasteiger partial charge in [0.25, 0.3) is 0 Å². The predicted molar refractivity (Wildman–Crippen MR) is 103 cm³/mol. The molecule has 2 N–H and O–H groups in total. The Kier molecular flexibility index (Phi) is 5.56. The highest BCUT2D eigenvalue weighted by Crippen LogP contribution is 2.26. The minimum absolute atomic E-state index is 0.0323. The number of para-hydroxylation sites is 1. The Bertz CT molecular complexity index is 790. The van der Waals surface area contributed by atoms with Gasteiger partial charge in [0.1, 0.15) is 11.3 Å². The SMILES string of the molecule is CC(C)[C@H](NCC(=O)N[C@@H](C)c1cc2ccccc2o1)c1cccs1. The molecule has 0 bridgehead atoms. The molecule has 0 saturated heterocycles. The molecule has 2 heterocycles. The van der Waals surface area contributed by atoms with Gasteiger partial charge in [0, 0.05) is 16.3 Å². The van der Waals surface area contributed by atoms with Crippen LogP contribution in [0.3, 0.4) is 0 Å². The number of rotatable bonds is 7. The molecule has 1 amide bonds. The van der Waals surface area contributed by atoms with E-state index in [1.807, 2.05) is 43.3 Å². The van der Waals surface area contributed by atoms with Crippen LogP contribution in [0.25, 0.3) is 11.0 Å². The lowest BCUT2D eigenvalue weighted by molar-refractivity contribution is -0.121. The van der Waals surface area contributed by atoms with Gasteiger partial charge in [-0.15, -0.1) is 11.3 Å². The van der Waals surface area contributed by atoms with Crippen LogP contribution < -0.4 is 10.6 Å². The van der Waals surface area contributed by atoms with E-state index in [0.717, 1.165) is 16.7 Å². The van der Waals surface area contributed by atoms with Crippen molar-refractivity contribution in [3.63, 3.8) is 0 Å². The summed E-state index contributed by atoms with van der Waals surface area (Å²) >= 11 is 1.71. The van der Waals surface area contributed by atoms with E-state index in [1.165, 1.54) is 4.88 Å². The molecule has 0 saturated carbocycles. The van der Waals surface area contributed by atoms with Crippen molar-refractivity contribution in [3.8, 4) is 0 Å². The third kappa shape index (κ3) is 4.30. The highest BCUT2D eigenvalue weighted by Gasteiger charge is 2.19. The largest absolute Gasteiger partial charge is 0.459 e. The zero-order chi connectivity index (χ0) is 17.8. The number of hydrogen-bond acceptors (Lipinski definition) is 4. The Labute approximate surface area is 152 Å². The first kappa shape index (κ1) is 17.7. The Morgan fingerprint density at radius 3 is 2.64 bits per heavy atom. The van der Waals surface area contributed by atoms with E-state index >= 15 is 0 Å². The zero-order valence-corrected chi connectivity index (χ0v) is 15.6. The lowest BCUT2D eigenvalue weighted by Gasteiger charge is -2.21. The van der Waals surface area contributed by atoms with Crippen molar-refractivity contribution in [2.45, 2.75) is 32.9 Å². The van der Waals surface area contributed by atoms with Gasteiger partial charge in [0.15, 0.2) is 0 Å². The van der Waals surface area contributed by atoms with E-state index < -0.39 is 0 Å². The summed E-state index contributed by atoms with van der Waals surface area (Å²) < 4.78 is 5.82. The summed E-state index contributed by atoms with van der Waals surface area (Å²) in [5.41, 5.74) is 0.842. The average Bonchev–Trinajstić information content (AvgIpc) is 3.24. The molecular weight excluding hydrogens is 332 g/mol. The van der Waals surface area contributed by atoms with Gasteiger partial charge in [0.05, 0.1) is 12.6 Å². The first-order valence-corrected chi connectivity index (χ1v) is 9.47. The molecule has 0 aliphatic rings. The van der Waals surface area contributed by atoms with Crippen LogP contribution in [-0.2, 0) is 4.79 Å². The zero-order valence-electron chi connectivity index (χ0n) is 14.8. The van der Waals surface area contributed by atoms with E-state index in [0.29, 0.717) is 5.92 Å². The third-order valence-corrected chi connectivity index (χ3v) is 5.20. The summed E-state index contributed by atoms with van der Waals surface area (Å²) in [6, 6.07) is 14.0. The monoisotopic (exact) mass is 356 g/mol. The summed E-state index contributed by atoms with van der Waals surface area (Å²) in [6.07, 6.45) is 0. The number of thiophene rings is 1. The van der Waals surface area contributed by atoms with Crippen molar-refractivity contribution in [2.75, 3.05) is 6.54 Å². The molecule has 0 unspecified atom stereocenters. The van der Waals surface area contributed by atoms with Crippen LogP contribution in [0.1, 0.15) is 43.5 Å². The van der Waals surface area contributed by atoms with Crippen LogP contribution in [0.15, 0.2) is 52.3 Å². The van der Waals surface area contributed by atoms with Crippen molar-refractivity contribution in [1.82, 2.24) is 10.6 Å². The molecule has 3 aromatic rings. The van der Waals surface area contributed by atoms with Gasteiger partial charge in [-0.05, 0) is 36.4 Å². The number of fused-ring (bicyclic) bond motifs is 1. The standard InChI is InChI=1S/C20H24N2O2S/c1-13(2)20(18-9-6-10-25-18)21-12-19(23)22-14(3)17-11-15-7-4-5-8-16(15)24-17/h4-11,13-14,20-21H,12H2,1-3H3,(H,22,23)/t14-,20-/m0/s1. The highest BCUT2D eigenvalue weighted by atomic mass is 32.1. The lowest BCUT2D eigenvalue weighted by atomic mass is 10.0. The van der Waals surface area contributed by atoms with Crippen LogP contribution in [0, 0.1) is 5.92 Å². The normalized spacial score (nSPS) is 13.9. The lowest BCUT2D eigenvalue weighted by Crippen LogP contribution is -2.38. The van der Waals surface area contributed by atoms with Crippen molar-refractivity contribution in [1.29, 1.82) is 0 Å². The molecule has 0 aliphatic carbocycles. The number of nitrogens with one attached hydrogen (secondary N) is 2. The van der Waals surface area contributed by atoms with E-state index in [1.54, 1.807) is 11.3 Å². The molecule has 0 aliphatic heterocycles. The van der Waals surface area contributed by atoms with Crippen LogP contribution >= 0.6 is 11.3 Å². The fourth-order valence-corrected chi connectivity index (χ4v) is 3.89. The third-order valence-electron chi connectivity index (χ3n) is 4.25. The maximum absolute atomic E-state index is 12.3. The van der Waals surface area contributed by atoms with Crippen molar-refractivity contribution in [3.05, 3.63) is 58.5 Å². The Balaban J connectivity index is 1.58. The van der Waals surface area contributed by atoms with Gasteiger partial charge >= 0.3 is 0 Å². The van der Waals surface area contributed by atoms with Crippen LogP contribution in [0.2, 0.25) is 0 Å². The van der Waals surface area contributed by atoms with Gasteiger partial charge in [-0.1, -0.05) is 38.1 Å². The topological polar surface area (TPSA) is 54.3 Å². The molecule has 0 fully saturated rings. The first-order chi connectivity index (χ1) is 12.0. The molecule has 0 spiro atoms. The van der Waals surface area contributed by atoms with Crippen molar-refractivity contribution in [2.24, 2.45) is 5.92 Å². The Morgan fingerprint density at radius 2 is 1.96 bits per heavy atom. The van der Waals surface area contributed by atoms with E-state index in [2.05, 4.69) is 35.9 Å². The van der Waals surface area contributed by atoms with Crippen molar-refractivity contribution < 1.29 is 9.21 Å². The molecule has 3 rings (SSSR count). The maximum atomic E-state index is 12.3. The van der Waals surface area contributed by atoms with Crippen LogP contribution in [-0.4, -0.2) is 12.5 Å².